The Morgan fingerprint density at radius 3 is 2.88 bits per heavy atom. The van der Waals surface area contributed by atoms with Crippen molar-refractivity contribution in [2.24, 2.45) is 0 Å². The van der Waals surface area contributed by atoms with Gasteiger partial charge in [-0.2, -0.15) is 10.2 Å². The van der Waals surface area contributed by atoms with Gasteiger partial charge in [-0.1, -0.05) is 35.5 Å². The number of rotatable bonds is 1. The predicted molar refractivity (Wildman–Crippen MR) is 91.2 cm³/mol. The van der Waals surface area contributed by atoms with E-state index in [1.807, 2.05) is 30.3 Å². The summed E-state index contributed by atoms with van der Waals surface area (Å²) < 4.78 is 0. The van der Waals surface area contributed by atoms with Crippen LogP contribution in [0.3, 0.4) is 0 Å². The number of anilines is 3. The molecule has 0 fully saturated rings. The monoisotopic (exact) mass is 356 g/mol. The largest absolute Gasteiger partial charge is 0.368 e. The predicted octanol–water partition coefficient (Wildman–Crippen LogP) is 2.36. The van der Waals surface area contributed by atoms with Crippen LogP contribution in [0.5, 0.6) is 0 Å². The van der Waals surface area contributed by atoms with Crippen LogP contribution in [0.2, 0.25) is 5.15 Å². The highest BCUT2D eigenvalue weighted by Crippen LogP contribution is 2.50. The molecule has 0 bridgehead atoms. The molecule has 0 saturated carbocycles. The molecule has 2 aliphatic rings. The number of aromatic nitrogens is 2. The van der Waals surface area contributed by atoms with Gasteiger partial charge in [-0.25, -0.2) is 9.99 Å². The summed E-state index contributed by atoms with van der Waals surface area (Å²) in [6.45, 7) is -0.0337. The number of thioether (sulfide) groups is 1. The van der Waals surface area contributed by atoms with Crippen LogP contribution >= 0.6 is 23.4 Å². The van der Waals surface area contributed by atoms with Crippen molar-refractivity contribution in [3.05, 3.63) is 46.1 Å². The Morgan fingerprint density at radius 2 is 2.12 bits per heavy atom. The standard InChI is InChI=1S/C15H9ClN6OS/c16-12-5-13(20-15(18)19-12)21-7-10(23)8(6-17)14-22(21)9-3-1-2-4-11(9)24-14/h1-5H,7H2,(H2,18,19,20). The fraction of sp³-hybridized carbons (Fsp3) is 0.0667. The molecule has 2 aliphatic heterocycles. The smallest absolute Gasteiger partial charge is 0.223 e. The van der Waals surface area contributed by atoms with Crippen molar-refractivity contribution in [3.8, 4) is 6.07 Å². The van der Waals surface area contributed by atoms with Gasteiger partial charge in [0.05, 0.1) is 5.69 Å². The van der Waals surface area contributed by atoms with Gasteiger partial charge in [0.2, 0.25) is 5.95 Å². The molecule has 9 heteroatoms. The van der Waals surface area contributed by atoms with E-state index in [1.54, 1.807) is 10.0 Å². The topological polar surface area (TPSA) is 99.1 Å². The van der Waals surface area contributed by atoms with Crippen LogP contribution in [0, 0.1) is 11.3 Å². The lowest BCUT2D eigenvalue weighted by Gasteiger charge is -2.37. The molecule has 0 atom stereocenters. The average Bonchev–Trinajstić information content (AvgIpc) is 2.92. The molecule has 7 nitrogen and oxygen atoms in total. The van der Waals surface area contributed by atoms with E-state index >= 15 is 0 Å². The van der Waals surface area contributed by atoms with Crippen LogP contribution < -0.4 is 15.8 Å². The number of hydrogen-bond acceptors (Lipinski definition) is 8. The maximum Gasteiger partial charge on any atom is 0.223 e. The first-order valence-electron chi connectivity index (χ1n) is 6.90. The SMILES string of the molecule is N#CC1=C2Sc3ccccc3N2N(c2cc(Cl)nc(N)n2)CC1=O. The minimum Gasteiger partial charge on any atom is -0.368 e. The highest BCUT2D eigenvalue weighted by Gasteiger charge is 2.40. The quantitative estimate of drug-likeness (QED) is 0.777. The molecule has 24 heavy (non-hydrogen) atoms. The second kappa shape index (κ2) is 5.40. The number of carbonyl (C=O) groups excluding carboxylic acids is 1. The van der Waals surface area contributed by atoms with Gasteiger partial charge in [0.25, 0.3) is 0 Å². The summed E-state index contributed by atoms with van der Waals surface area (Å²) in [5, 5.41) is 13.6. The second-order valence-electron chi connectivity index (χ2n) is 5.06. The van der Waals surface area contributed by atoms with Gasteiger partial charge in [-0.3, -0.25) is 9.80 Å². The Labute approximate surface area is 146 Å². The van der Waals surface area contributed by atoms with Crippen LogP contribution in [-0.4, -0.2) is 22.3 Å². The number of ketones is 1. The van der Waals surface area contributed by atoms with Crippen LogP contribution in [0.4, 0.5) is 17.5 Å². The van der Waals surface area contributed by atoms with Gasteiger partial charge < -0.3 is 5.73 Å². The van der Waals surface area contributed by atoms with Crippen LogP contribution in [-0.2, 0) is 4.79 Å². The molecule has 0 spiro atoms. The number of halogens is 1. The lowest BCUT2D eigenvalue weighted by atomic mass is 10.1. The molecule has 0 amide bonds. The lowest BCUT2D eigenvalue weighted by Crippen LogP contribution is -2.48. The third-order valence-corrected chi connectivity index (χ3v) is 4.92. The van der Waals surface area contributed by atoms with E-state index < -0.39 is 0 Å². The summed E-state index contributed by atoms with van der Waals surface area (Å²) >= 11 is 7.35. The molecule has 2 N–H and O–H groups in total. The van der Waals surface area contributed by atoms with Gasteiger partial charge >= 0.3 is 0 Å². The molecule has 1 aromatic heterocycles. The molecule has 0 aliphatic carbocycles. The number of hydrazine groups is 1. The fourth-order valence-electron chi connectivity index (χ4n) is 2.63. The van der Waals surface area contributed by atoms with E-state index in [0.717, 1.165) is 10.6 Å². The van der Waals surface area contributed by atoms with E-state index in [-0.39, 0.29) is 29.0 Å². The second-order valence-corrected chi connectivity index (χ2v) is 6.48. The number of carbonyl (C=O) groups is 1. The molecular weight excluding hydrogens is 348 g/mol. The number of Topliss-reactive ketones (excluding diaryl/α,β-unsaturated/α-hetero) is 1. The number of benzene rings is 1. The van der Waals surface area contributed by atoms with Gasteiger partial charge in [-0.05, 0) is 12.1 Å². The van der Waals surface area contributed by atoms with Gasteiger partial charge in [0.1, 0.15) is 28.4 Å². The first kappa shape index (κ1) is 14.8. The zero-order valence-corrected chi connectivity index (χ0v) is 13.7. The Morgan fingerprint density at radius 1 is 1.33 bits per heavy atom. The van der Waals surface area contributed by atoms with Gasteiger partial charge in [0, 0.05) is 11.0 Å². The Kier molecular flexibility index (Phi) is 3.33. The molecule has 3 heterocycles. The molecule has 1 aromatic carbocycles. The van der Waals surface area contributed by atoms with Gasteiger partial charge in [-0.15, -0.1) is 0 Å². The zero-order valence-electron chi connectivity index (χ0n) is 12.1. The zero-order chi connectivity index (χ0) is 16.8. The molecule has 118 valence electrons. The Balaban J connectivity index is 1.92. The summed E-state index contributed by atoms with van der Waals surface area (Å²) in [7, 11) is 0. The van der Waals surface area contributed by atoms with Crippen molar-refractivity contribution in [1.82, 2.24) is 9.97 Å². The van der Waals surface area contributed by atoms with E-state index in [4.69, 9.17) is 17.3 Å². The van der Waals surface area contributed by atoms with Crippen molar-refractivity contribution < 1.29 is 4.79 Å². The highest BCUT2D eigenvalue weighted by atomic mass is 35.5. The maximum atomic E-state index is 12.4. The average molecular weight is 357 g/mol. The number of nitriles is 1. The van der Waals surface area contributed by atoms with Crippen LogP contribution in [0.1, 0.15) is 0 Å². The van der Waals surface area contributed by atoms with Crippen molar-refractivity contribution in [2.75, 3.05) is 22.3 Å². The molecule has 0 saturated heterocycles. The Bertz CT molecular complexity index is 933. The molecule has 0 unspecified atom stereocenters. The first-order chi connectivity index (χ1) is 11.6. The van der Waals surface area contributed by atoms with E-state index in [9.17, 15) is 10.1 Å². The summed E-state index contributed by atoms with van der Waals surface area (Å²) in [4.78, 5) is 21.4. The summed E-state index contributed by atoms with van der Waals surface area (Å²) in [6, 6.07) is 11.2. The molecule has 0 radical (unpaired) electrons. The molecule has 4 rings (SSSR count). The maximum absolute atomic E-state index is 12.4. The Hall–Kier alpha value is -2.76. The third kappa shape index (κ3) is 2.18. The molecule has 2 aromatic rings. The summed E-state index contributed by atoms with van der Waals surface area (Å²) in [5.74, 6) is 0.131. The van der Waals surface area contributed by atoms with Crippen molar-refractivity contribution >= 4 is 46.6 Å². The van der Waals surface area contributed by atoms with E-state index in [0.29, 0.717) is 10.8 Å². The summed E-state index contributed by atoms with van der Waals surface area (Å²) in [6.07, 6.45) is 0. The van der Waals surface area contributed by atoms with E-state index in [2.05, 4.69) is 9.97 Å². The number of hydrogen-bond donors (Lipinski definition) is 1. The number of nitrogens with two attached hydrogens (primary N) is 1. The van der Waals surface area contributed by atoms with E-state index in [1.165, 1.54) is 17.8 Å². The number of nitrogen functional groups attached to an aromatic ring is 1. The number of fused-ring (bicyclic) bond motifs is 3. The number of nitrogens with zero attached hydrogens (tertiary/aromatic N) is 5. The molecular formula is C15H9ClN6OS. The van der Waals surface area contributed by atoms with Crippen LogP contribution in [0.25, 0.3) is 0 Å². The lowest BCUT2D eigenvalue weighted by molar-refractivity contribution is -0.114. The minimum absolute atomic E-state index is 0.0155. The van der Waals surface area contributed by atoms with Crippen molar-refractivity contribution in [2.45, 2.75) is 4.90 Å². The summed E-state index contributed by atoms with van der Waals surface area (Å²) in [5.41, 5.74) is 6.69. The third-order valence-electron chi connectivity index (χ3n) is 3.59. The number of para-hydroxylation sites is 1. The normalized spacial score (nSPS) is 16.1. The fourth-order valence-corrected chi connectivity index (χ4v) is 3.97. The van der Waals surface area contributed by atoms with Crippen molar-refractivity contribution in [1.29, 1.82) is 5.26 Å². The van der Waals surface area contributed by atoms with Crippen LogP contribution in [0.15, 0.2) is 45.8 Å². The minimum atomic E-state index is -0.280. The highest BCUT2D eigenvalue weighted by molar-refractivity contribution is 8.03. The van der Waals surface area contributed by atoms with Crippen molar-refractivity contribution in [3.63, 3.8) is 0 Å². The first-order valence-corrected chi connectivity index (χ1v) is 8.10. The van der Waals surface area contributed by atoms with Gasteiger partial charge in [0.15, 0.2) is 11.6 Å².